The van der Waals surface area contributed by atoms with Gasteiger partial charge in [-0.2, -0.15) is 0 Å². The van der Waals surface area contributed by atoms with Gasteiger partial charge in [-0.25, -0.2) is 4.79 Å². The molecule has 1 N–H and O–H groups in total. The molecule has 0 saturated carbocycles. The van der Waals surface area contributed by atoms with Gasteiger partial charge in [0.1, 0.15) is 25.3 Å². The van der Waals surface area contributed by atoms with Crippen LogP contribution in [0.15, 0.2) is 48.5 Å². The largest absolute Gasteiger partial charge is 0.486 e. The number of carbonyl (C=O) groups is 3. The van der Waals surface area contributed by atoms with Gasteiger partial charge in [-0.1, -0.05) is 36.4 Å². The summed E-state index contributed by atoms with van der Waals surface area (Å²) < 4.78 is 11.1. The van der Waals surface area contributed by atoms with Crippen LogP contribution in [0.2, 0.25) is 0 Å². The van der Waals surface area contributed by atoms with Crippen molar-refractivity contribution in [1.29, 1.82) is 0 Å². The number of nitrogens with zero attached hydrogens (tertiary/aromatic N) is 2. The summed E-state index contributed by atoms with van der Waals surface area (Å²) in [6.07, 6.45) is 0. The molecule has 2 atom stereocenters. The second-order valence-corrected chi connectivity index (χ2v) is 7.90. The van der Waals surface area contributed by atoms with Crippen LogP contribution in [-0.2, 0) is 15.1 Å². The smallest absolute Gasteiger partial charge is 0.325 e. The molecule has 2 aliphatic rings. The second-order valence-electron chi connectivity index (χ2n) is 7.90. The zero-order chi connectivity index (χ0) is 22.2. The molecule has 2 heterocycles. The van der Waals surface area contributed by atoms with Crippen molar-refractivity contribution in [3.63, 3.8) is 0 Å². The van der Waals surface area contributed by atoms with Crippen LogP contribution in [0.5, 0.6) is 11.5 Å². The molecule has 4 amide bonds. The number of hydrogen-bond acceptors (Lipinski definition) is 5. The van der Waals surface area contributed by atoms with E-state index in [2.05, 4.69) is 5.32 Å². The fraction of sp³-hybridized carbons (Fsp3) is 0.348. The molecular formula is C23H25N3O5. The van der Waals surface area contributed by atoms with E-state index < -0.39 is 17.5 Å². The standard InChI is InChI=1S/C23H25N3O5/c1-15(16-7-5-4-6-8-16)25(3)20(27)14-26-21(28)23(2,24-22(26)29)17-9-10-18-19(13-17)31-12-11-30-18/h4-10,13,15H,11-12,14H2,1-3H3,(H,24,29)/t15-,23+/m0/s1. The van der Waals surface area contributed by atoms with Crippen molar-refractivity contribution in [1.82, 2.24) is 15.1 Å². The lowest BCUT2D eigenvalue weighted by atomic mass is 9.91. The molecule has 162 valence electrons. The Morgan fingerprint density at radius 3 is 2.52 bits per heavy atom. The molecular weight excluding hydrogens is 398 g/mol. The molecule has 4 rings (SSSR count). The summed E-state index contributed by atoms with van der Waals surface area (Å²) in [5, 5.41) is 2.73. The zero-order valence-corrected chi connectivity index (χ0v) is 17.8. The first-order chi connectivity index (χ1) is 14.8. The van der Waals surface area contributed by atoms with Crippen molar-refractivity contribution in [3.05, 3.63) is 59.7 Å². The van der Waals surface area contributed by atoms with Crippen LogP contribution >= 0.6 is 0 Å². The van der Waals surface area contributed by atoms with Gasteiger partial charge in [0.05, 0.1) is 6.04 Å². The number of amides is 4. The van der Waals surface area contributed by atoms with Gasteiger partial charge in [-0.15, -0.1) is 0 Å². The summed E-state index contributed by atoms with van der Waals surface area (Å²) in [6, 6.07) is 13.9. The predicted molar refractivity (Wildman–Crippen MR) is 113 cm³/mol. The Hall–Kier alpha value is -3.55. The Balaban J connectivity index is 1.51. The first kappa shape index (κ1) is 20.7. The Bertz CT molecular complexity index is 1030. The maximum Gasteiger partial charge on any atom is 0.325 e. The fourth-order valence-corrected chi connectivity index (χ4v) is 3.81. The molecule has 0 unspecified atom stereocenters. The van der Waals surface area contributed by atoms with E-state index in [4.69, 9.17) is 9.47 Å². The molecule has 8 heteroatoms. The third-order valence-electron chi connectivity index (χ3n) is 5.94. The number of benzene rings is 2. The molecule has 0 aromatic heterocycles. The van der Waals surface area contributed by atoms with Gasteiger partial charge >= 0.3 is 6.03 Å². The van der Waals surface area contributed by atoms with Crippen molar-refractivity contribution >= 4 is 17.8 Å². The molecule has 0 bridgehead atoms. The first-order valence-electron chi connectivity index (χ1n) is 10.2. The predicted octanol–water partition coefficient (Wildman–Crippen LogP) is 2.44. The van der Waals surface area contributed by atoms with Gasteiger partial charge in [0.2, 0.25) is 5.91 Å². The third kappa shape index (κ3) is 3.69. The number of rotatable bonds is 5. The Labute approximate surface area is 180 Å². The van der Waals surface area contributed by atoms with Crippen molar-refractivity contribution in [2.75, 3.05) is 26.8 Å². The van der Waals surface area contributed by atoms with E-state index in [0.29, 0.717) is 30.3 Å². The van der Waals surface area contributed by atoms with E-state index in [1.807, 2.05) is 37.3 Å². The summed E-state index contributed by atoms with van der Waals surface area (Å²) >= 11 is 0. The number of imide groups is 1. The minimum absolute atomic E-state index is 0.196. The van der Waals surface area contributed by atoms with E-state index in [0.717, 1.165) is 10.5 Å². The SMILES string of the molecule is C[C@@H](c1ccccc1)N(C)C(=O)CN1C(=O)N[C@](C)(c2ccc3c(c2)OCCO3)C1=O. The Morgan fingerprint density at radius 2 is 1.81 bits per heavy atom. The molecule has 0 aliphatic carbocycles. The van der Waals surface area contributed by atoms with Crippen molar-refractivity contribution < 1.29 is 23.9 Å². The van der Waals surface area contributed by atoms with Crippen LogP contribution in [0, 0.1) is 0 Å². The maximum absolute atomic E-state index is 13.2. The average Bonchev–Trinajstić information content (AvgIpc) is 3.02. The van der Waals surface area contributed by atoms with E-state index in [1.54, 1.807) is 32.2 Å². The highest BCUT2D eigenvalue weighted by Crippen LogP contribution is 2.36. The minimum atomic E-state index is -1.29. The lowest BCUT2D eigenvalue weighted by Crippen LogP contribution is -2.44. The highest BCUT2D eigenvalue weighted by Gasteiger charge is 2.50. The number of carbonyl (C=O) groups excluding carboxylic acids is 3. The van der Waals surface area contributed by atoms with Crippen LogP contribution in [0.3, 0.4) is 0 Å². The molecule has 2 aromatic rings. The molecule has 0 spiro atoms. The van der Waals surface area contributed by atoms with Gasteiger partial charge in [0.25, 0.3) is 5.91 Å². The molecule has 8 nitrogen and oxygen atoms in total. The van der Waals surface area contributed by atoms with Crippen LogP contribution in [0.25, 0.3) is 0 Å². The number of urea groups is 1. The summed E-state index contributed by atoms with van der Waals surface area (Å²) in [5.74, 6) is 0.312. The summed E-state index contributed by atoms with van der Waals surface area (Å²) in [6.45, 7) is 4.07. The van der Waals surface area contributed by atoms with Crippen LogP contribution in [-0.4, -0.2) is 54.5 Å². The first-order valence-corrected chi connectivity index (χ1v) is 10.2. The highest BCUT2D eigenvalue weighted by atomic mass is 16.6. The van der Waals surface area contributed by atoms with Gasteiger partial charge in [0, 0.05) is 7.05 Å². The molecule has 0 radical (unpaired) electrons. The summed E-state index contributed by atoms with van der Waals surface area (Å²) in [5.41, 5.74) is 0.240. The molecule has 2 aromatic carbocycles. The average molecular weight is 423 g/mol. The van der Waals surface area contributed by atoms with Gasteiger partial charge in [0.15, 0.2) is 11.5 Å². The topological polar surface area (TPSA) is 88.2 Å². The minimum Gasteiger partial charge on any atom is -0.486 e. The van der Waals surface area contributed by atoms with Crippen LogP contribution in [0.1, 0.15) is 31.0 Å². The lowest BCUT2D eigenvalue weighted by molar-refractivity contribution is -0.139. The highest BCUT2D eigenvalue weighted by molar-refractivity contribution is 6.09. The number of fused-ring (bicyclic) bond motifs is 1. The van der Waals surface area contributed by atoms with Crippen molar-refractivity contribution in [2.45, 2.75) is 25.4 Å². The Kier molecular flexibility index (Phi) is 5.31. The van der Waals surface area contributed by atoms with E-state index in [9.17, 15) is 14.4 Å². The quantitative estimate of drug-likeness (QED) is 0.747. The number of likely N-dealkylation sites (N-methyl/N-ethyl adjacent to an activating group) is 1. The molecule has 31 heavy (non-hydrogen) atoms. The maximum atomic E-state index is 13.2. The van der Waals surface area contributed by atoms with Gasteiger partial charge in [-0.3, -0.25) is 14.5 Å². The fourth-order valence-electron chi connectivity index (χ4n) is 3.81. The van der Waals surface area contributed by atoms with E-state index >= 15 is 0 Å². The Morgan fingerprint density at radius 1 is 1.13 bits per heavy atom. The third-order valence-corrected chi connectivity index (χ3v) is 5.94. The molecule has 2 aliphatic heterocycles. The van der Waals surface area contributed by atoms with Gasteiger partial charge in [-0.05, 0) is 37.1 Å². The summed E-state index contributed by atoms with van der Waals surface area (Å²) in [4.78, 5) is 41.2. The number of ether oxygens (including phenoxy) is 2. The van der Waals surface area contributed by atoms with E-state index in [-0.39, 0.29) is 18.5 Å². The monoisotopic (exact) mass is 423 g/mol. The van der Waals surface area contributed by atoms with Gasteiger partial charge < -0.3 is 19.7 Å². The molecule has 1 fully saturated rings. The lowest BCUT2D eigenvalue weighted by Gasteiger charge is -2.27. The summed E-state index contributed by atoms with van der Waals surface area (Å²) in [7, 11) is 1.67. The molecule has 1 saturated heterocycles. The van der Waals surface area contributed by atoms with Crippen molar-refractivity contribution in [2.24, 2.45) is 0 Å². The van der Waals surface area contributed by atoms with Crippen LogP contribution in [0.4, 0.5) is 4.79 Å². The van der Waals surface area contributed by atoms with Crippen LogP contribution < -0.4 is 14.8 Å². The second kappa shape index (κ2) is 7.94. The zero-order valence-electron chi connectivity index (χ0n) is 17.8. The number of hydrogen-bond donors (Lipinski definition) is 1. The van der Waals surface area contributed by atoms with E-state index in [1.165, 1.54) is 4.90 Å². The normalized spacial score (nSPS) is 20.9. The van der Waals surface area contributed by atoms with Crippen molar-refractivity contribution in [3.8, 4) is 11.5 Å². The number of nitrogens with one attached hydrogen (secondary N) is 1.